The molecular formula is C98H135BBr4Cl3N12O10S6Si4. The number of benzene rings is 7. The van der Waals surface area contributed by atoms with E-state index < -0.39 is 60.2 Å². The molecule has 0 saturated heterocycles. The van der Waals surface area contributed by atoms with Crippen LogP contribution < -0.4 is 19.1 Å². The van der Waals surface area contributed by atoms with Crippen molar-refractivity contribution in [3.63, 3.8) is 0 Å². The number of thiol groups is 1. The number of H-pyrrole nitrogens is 2. The van der Waals surface area contributed by atoms with Gasteiger partial charge in [0.15, 0.2) is 32.1 Å². The molecule has 751 valence electrons. The quantitative estimate of drug-likeness (QED) is 0.0110. The van der Waals surface area contributed by atoms with Gasteiger partial charge in [-0.05, 0) is 252 Å². The molecule has 0 unspecified atom stereocenters. The van der Waals surface area contributed by atoms with Crippen LogP contribution in [0.1, 0.15) is 188 Å². The maximum absolute atomic E-state index is 13.6. The first-order valence-electron chi connectivity index (χ1n) is 45.8. The van der Waals surface area contributed by atoms with Crippen LogP contribution in [0.25, 0.3) is 54.5 Å². The van der Waals surface area contributed by atoms with E-state index in [0.29, 0.717) is 78.8 Å². The third-order valence-corrected chi connectivity index (χ3v) is 64.1. The fraction of sp³-hybridized carbons (Fsp3) is 0.429. The number of ether oxygens (including phenoxy) is 2. The summed E-state index contributed by atoms with van der Waals surface area (Å²) in [6, 6.07) is 45.2. The molecule has 7 aromatic carbocycles. The van der Waals surface area contributed by atoms with E-state index in [1.165, 1.54) is 61.9 Å². The molecule has 40 heteroatoms. The Morgan fingerprint density at radius 3 is 1.33 bits per heavy atom. The molecule has 0 bridgehead atoms. The van der Waals surface area contributed by atoms with Crippen LogP contribution in [0.15, 0.2) is 226 Å². The third kappa shape index (κ3) is 27.9. The number of hydrogen-bond acceptors (Lipinski definition) is 19. The topological polar surface area (TPSA) is 287 Å². The van der Waals surface area contributed by atoms with Gasteiger partial charge in [-0.15, -0.1) is 0 Å². The van der Waals surface area contributed by atoms with Gasteiger partial charge in [0.2, 0.25) is 10.3 Å². The van der Waals surface area contributed by atoms with Gasteiger partial charge in [0, 0.05) is 126 Å². The molecule has 0 aliphatic carbocycles. The average Bonchev–Trinajstić information content (AvgIpc) is 1.59. The van der Waals surface area contributed by atoms with Crippen LogP contribution in [0, 0.1) is 0 Å². The summed E-state index contributed by atoms with van der Waals surface area (Å²) in [5.41, 5.74) is 15.6. The van der Waals surface area contributed by atoms with E-state index in [1.54, 1.807) is 74.0 Å². The summed E-state index contributed by atoms with van der Waals surface area (Å²) in [5, 5.41) is 28.8. The Kier molecular flexibility index (Phi) is 45.2. The van der Waals surface area contributed by atoms with Crippen LogP contribution in [0.4, 0.5) is 10.3 Å². The first kappa shape index (κ1) is 119. The maximum atomic E-state index is 13.6. The molecule has 7 heterocycles. The van der Waals surface area contributed by atoms with Gasteiger partial charge in [-0.3, -0.25) is 0 Å². The number of fused-ring (bicyclic) bond motifs is 5. The zero-order valence-corrected chi connectivity index (χ0v) is 101. The van der Waals surface area contributed by atoms with E-state index in [-0.39, 0.29) is 39.6 Å². The van der Waals surface area contributed by atoms with Gasteiger partial charge in [0.25, 0.3) is 28.1 Å². The summed E-state index contributed by atoms with van der Waals surface area (Å²) in [7, 11) is 0.137. The first-order valence-corrected chi connectivity index (χ1v) is 66.8. The zero-order valence-electron chi connectivity index (χ0n) is 83.6. The second kappa shape index (κ2) is 52.3. The molecule has 0 spiro atoms. The van der Waals surface area contributed by atoms with E-state index in [4.69, 9.17) is 41.9 Å². The van der Waals surface area contributed by atoms with E-state index >= 15 is 0 Å². The molecule has 7 aromatic heterocycles. The fourth-order valence-electron chi connectivity index (χ4n) is 20.7. The van der Waals surface area contributed by atoms with Gasteiger partial charge < -0.3 is 47.7 Å². The third-order valence-electron chi connectivity index (χ3n) is 26.4. The van der Waals surface area contributed by atoms with Crippen molar-refractivity contribution in [2.75, 3.05) is 23.8 Å². The number of aliphatic hydroxyl groups is 2. The van der Waals surface area contributed by atoms with Gasteiger partial charge in [-0.2, -0.15) is 19.8 Å². The normalized spacial score (nSPS) is 12.3. The summed E-state index contributed by atoms with van der Waals surface area (Å²) >= 11 is 26.3. The minimum atomic E-state index is -3.95. The van der Waals surface area contributed by atoms with Gasteiger partial charge in [0.05, 0.1) is 48.7 Å². The Hall–Kier alpha value is -5.80. The van der Waals surface area contributed by atoms with E-state index in [1.807, 2.05) is 42.6 Å². The number of nitrogens with one attached hydrogen (secondary N) is 3. The van der Waals surface area contributed by atoms with E-state index in [2.05, 4.69) is 368 Å². The van der Waals surface area contributed by atoms with Crippen LogP contribution in [0.5, 0.6) is 11.5 Å². The van der Waals surface area contributed by atoms with Gasteiger partial charge in [-0.1, -0.05) is 240 Å². The van der Waals surface area contributed by atoms with Crippen molar-refractivity contribution in [2.24, 2.45) is 4.30 Å². The van der Waals surface area contributed by atoms with E-state index in [0.717, 1.165) is 90.8 Å². The van der Waals surface area contributed by atoms with Crippen molar-refractivity contribution in [2.45, 2.75) is 274 Å². The molecule has 0 aliphatic rings. The van der Waals surface area contributed by atoms with Crippen molar-refractivity contribution in [3.05, 3.63) is 229 Å². The fourth-order valence-corrected chi connectivity index (χ4v) is 50.6. The van der Waals surface area contributed by atoms with Crippen LogP contribution in [-0.4, -0.2) is 131 Å². The number of aliphatic hydroxyl groups excluding tert-OH is 2. The molecule has 1 radical (unpaired) electrons. The van der Waals surface area contributed by atoms with Gasteiger partial charge in [-0.25, -0.2) is 39.5 Å². The van der Waals surface area contributed by atoms with Gasteiger partial charge >= 0.3 is 24.8 Å². The Labute approximate surface area is 884 Å². The number of rotatable bonds is 29. The Balaban J connectivity index is 0.000000223. The molecule has 0 aliphatic heterocycles. The van der Waals surface area contributed by atoms with Crippen LogP contribution in [0.3, 0.4) is 0 Å². The monoisotopic (exact) mass is 2380 g/mol. The van der Waals surface area contributed by atoms with Gasteiger partial charge in [0.1, 0.15) is 24.2 Å². The predicted octanol–water partition coefficient (Wildman–Crippen LogP) is 31.2. The number of hydrogen-bond donors (Lipinski definition) is 6. The number of anilines is 2. The van der Waals surface area contributed by atoms with Crippen LogP contribution in [0.2, 0.25) is 66.5 Å². The van der Waals surface area contributed by atoms with Crippen LogP contribution >= 0.6 is 132 Å². The van der Waals surface area contributed by atoms with Crippen molar-refractivity contribution in [1.29, 1.82) is 0 Å². The Bertz CT molecular complexity index is 6580. The molecule has 138 heavy (non-hydrogen) atoms. The van der Waals surface area contributed by atoms with Crippen molar-refractivity contribution < 1.29 is 44.9 Å². The second-order valence-electron chi connectivity index (χ2n) is 37.6. The first-order chi connectivity index (χ1) is 64.6. The summed E-state index contributed by atoms with van der Waals surface area (Å²) in [5.74, 6) is 1.32. The van der Waals surface area contributed by atoms with Crippen molar-refractivity contribution >= 4 is 265 Å². The number of nitrogens with zero attached hydrogens (tertiary/aromatic N) is 9. The summed E-state index contributed by atoms with van der Waals surface area (Å²) < 4.78 is 108. The standard InChI is InChI=1S/C19H17BrN4O4S2.C17H25BrClNO2SSi.C17H26BrNSi.C17H26ClNO2SSi.C11H13N3O2S.C9H21ClSi.C8H6BrN.BHNS/c1-28-14-3-2-12(13(6-14)10-25)9-24(19-22-11-23-29-19)30(26,27)15-4-5-16-17(20)8-21-18(16)7-15;1-11(2)24(12(3)4,13(5)6)20-10-16(18)15-8-7-14(9-17(15)20)23(19,21)22;1-12(2)20(13(3)4,14(5)6)19-10-9-15-7-8-16(18)11-17(15)19;1-12(2)23(13(3)4,14(5)6)19-10-9-15-7-8-16(11-17(15)19)22(18,20)21;1-16-10-3-2-8(9(4-10)6-15)5-12-11-13-7-14-17-11;1-7(2)11(10,8(3)4)9(5)6;9-7-2-1-6-3-4-10-8(6)5-7;1-2-3/h2-8,11,21,25H,9-10H2,1H3;7-13H,1-6H3;7-14H,1-6H3;7-14H,1-6H3;2-4,7,15H,5-6H2,1H3,(H,12,13,14);7-9H,1-6H3;1-5,10H;3H. The van der Waals surface area contributed by atoms with Crippen LogP contribution in [-0.2, 0) is 54.4 Å². The zero-order chi connectivity index (χ0) is 103. The summed E-state index contributed by atoms with van der Waals surface area (Å²) in [6.07, 6.45) is 13.1. The molecule has 0 atom stereocenters. The Morgan fingerprint density at radius 2 is 0.891 bits per heavy atom. The van der Waals surface area contributed by atoms with Crippen molar-refractivity contribution in [1.82, 2.24) is 41.4 Å². The summed E-state index contributed by atoms with van der Waals surface area (Å²) in [4.78, 5) is 14.8. The predicted molar refractivity (Wildman–Crippen MR) is 611 cm³/mol. The molecule has 22 nitrogen and oxygen atoms in total. The van der Waals surface area contributed by atoms with Crippen molar-refractivity contribution in [3.8, 4) is 11.5 Å². The van der Waals surface area contributed by atoms with E-state index in [9.17, 15) is 35.5 Å². The Morgan fingerprint density at radius 1 is 0.471 bits per heavy atom. The average molecular weight is 2380 g/mol. The minimum absolute atomic E-state index is 0.00959. The number of aromatic amines is 2. The molecule has 0 saturated carbocycles. The summed E-state index contributed by atoms with van der Waals surface area (Å²) in [6.45, 7) is 55.9. The molecule has 5 N–H and O–H groups in total. The number of halogens is 7. The number of aromatic nitrogens is 9. The molecular weight excluding hydrogens is 2250 g/mol. The second-order valence-corrected chi connectivity index (χ2v) is 74.2. The molecule has 0 fully saturated rings. The SMILES string of the molecule is Brc1ccc2cc[nH]c2c1.CC(C)[Si](C(C)C)(C(C)C)n1cc(Br)c2ccc(S(=O)(=O)Cl)cc21.CC(C)[Si](C(C)C)(C(C)C)n1ccc2ccc(Br)cc21.CC(C)[Si](C(C)C)(C(C)C)n1ccc2ccc(S(=O)(=O)Cl)cc21.CC(C)[Si](Cl)(C(C)C)C(C)C.COc1ccc(CN(c2ncns2)S(=O)(=O)c2ccc3c(Br)c[nH]c3c2)c(CO)c1.COc1ccc(CNc2ncns2)c(CO)c1.[B]=NS. The molecule has 14 rings (SSSR count). The molecule has 0 amide bonds. The molecule has 14 aromatic rings. The number of sulfonamides is 1. The number of methoxy groups -OCH3 is 2.